The van der Waals surface area contributed by atoms with Gasteiger partial charge in [-0.25, -0.2) is 0 Å². The summed E-state index contributed by atoms with van der Waals surface area (Å²) in [6.07, 6.45) is 2.55. The number of aliphatic imine (C=N–C) groups is 1. The lowest BCUT2D eigenvalue weighted by molar-refractivity contribution is 0.273. The van der Waals surface area contributed by atoms with E-state index in [9.17, 15) is 0 Å². The highest BCUT2D eigenvalue weighted by Gasteiger charge is 2.18. The average Bonchev–Trinajstić information content (AvgIpc) is 2.78. The van der Waals surface area contributed by atoms with Crippen molar-refractivity contribution < 1.29 is 0 Å². The van der Waals surface area contributed by atoms with Gasteiger partial charge >= 0.3 is 0 Å². The molecule has 1 aliphatic rings. The minimum absolute atomic E-state index is 0.860. The second-order valence-corrected chi connectivity index (χ2v) is 6.46. The van der Waals surface area contributed by atoms with Crippen LogP contribution in [-0.2, 0) is 6.54 Å². The quantitative estimate of drug-likeness (QED) is 0.658. The summed E-state index contributed by atoms with van der Waals surface area (Å²) in [7, 11) is 1.88. The van der Waals surface area contributed by atoms with Crippen LogP contribution in [0.2, 0.25) is 0 Å². The zero-order valence-electron chi connectivity index (χ0n) is 11.6. The SMILES string of the molecule is CN=C(NCc1ccc(C)s1)N1CCC(C)CC1. The summed E-state index contributed by atoms with van der Waals surface area (Å²) < 4.78 is 0. The normalized spacial score (nSPS) is 18.2. The molecule has 0 spiro atoms. The first-order chi connectivity index (χ1) is 8.69. The van der Waals surface area contributed by atoms with Gasteiger partial charge in [-0.05, 0) is 37.8 Å². The largest absolute Gasteiger partial charge is 0.351 e. The van der Waals surface area contributed by atoms with Gasteiger partial charge in [0.05, 0.1) is 6.54 Å². The van der Waals surface area contributed by atoms with Crippen molar-refractivity contribution in [2.24, 2.45) is 10.9 Å². The zero-order chi connectivity index (χ0) is 13.0. The molecule has 3 nitrogen and oxygen atoms in total. The van der Waals surface area contributed by atoms with E-state index in [2.05, 4.69) is 41.2 Å². The van der Waals surface area contributed by atoms with Crippen LogP contribution in [0, 0.1) is 12.8 Å². The third-order valence-corrected chi connectivity index (χ3v) is 4.51. The molecule has 1 saturated heterocycles. The van der Waals surface area contributed by atoms with Crippen molar-refractivity contribution in [1.82, 2.24) is 10.2 Å². The molecule has 0 saturated carbocycles. The Kier molecular flexibility index (Phi) is 4.64. The predicted molar refractivity (Wildman–Crippen MR) is 79.2 cm³/mol. The maximum Gasteiger partial charge on any atom is 0.193 e. The van der Waals surface area contributed by atoms with Gasteiger partial charge in [-0.3, -0.25) is 4.99 Å². The van der Waals surface area contributed by atoms with Crippen molar-refractivity contribution in [2.45, 2.75) is 33.2 Å². The van der Waals surface area contributed by atoms with Gasteiger partial charge in [-0.15, -0.1) is 11.3 Å². The van der Waals surface area contributed by atoms with E-state index < -0.39 is 0 Å². The molecule has 1 aromatic rings. The summed E-state index contributed by atoms with van der Waals surface area (Å²) in [5.41, 5.74) is 0. The van der Waals surface area contributed by atoms with Crippen LogP contribution < -0.4 is 5.32 Å². The summed E-state index contributed by atoms with van der Waals surface area (Å²) >= 11 is 1.85. The maximum absolute atomic E-state index is 4.39. The summed E-state index contributed by atoms with van der Waals surface area (Å²) in [5, 5.41) is 3.47. The van der Waals surface area contributed by atoms with Crippen LogP contribution in [0.3, 0.4) is 0 Å². The maximum atomic E-state index is 4.39. The number of nitrogens with one attached hydrogen (secondary N) is 1. The molecule has 1 aromatic heterocycles. The van der Waals surface area contributed by atoms with Crippen molar-refractivity contribution in [1.29, 1.82) is 0 Å². The van der Waals surface area contributed by atoms with Gasteiger partial charge in [0.25, 0.3) is 0 Å². The van der Waals surface area contributed by atoms with E-state index in [4.69, 9.17) is 0 Å². The average molecular weight is 265 g/mol. The molecule has 0 radical (unpaired) electrons. The lowest BCUT2D eigenvalue weighted by Crippen LogP contribution is -2.44. The Morgan fingerprint density at radius 2 is 2.17 bits per heavy atom. The Morgan fingerprint density at radius 3 is 2.72 bits per heavy atom. The van der Waals surface area contributed by atoms with Crippen LogP contribution in [0.1, 0.15) is 29.5 Å². The molecule has 0 aliphatic carbocycles. The molecule has 4 heteroatoms. The molecule has 1 fully saturated rings. The second kappa shape index (κ2) is 6.23. The Morgan fingerprint density at radius 1 is 1.44 bits per heavy atom. The molecule has 2 heterocycles. The molecule has 0 unspecified atom stereocenters. The fourth-order valence-corrected chi connectivity index (χ4v) is 3.13. The molecule has 0 aromatic carbocycles. The van der Waals surface area contributed by atoms with Gasteiger partial charge < -0.3 is 10.2 Å². The number of guanidine groups is 1. The molecule has 2 rings (SSSR count). The van der Waals surface area contributed by atoms with Crippen LogP contribution >= 0.6 is 11.3 Å². The Balaban J connectivity index is 1.86. The number of nitrogens with zero attached hydrogens (tertiary/aromatic N) is 2. The highest BCUT2D eigenvalue weighted by atomic mass is 32.1. The molecule has 0 atom stereocenters. The number of piperidine rings is 1. The molecule has 18 heavy (non-hydrogen) atoms. The second-order valence-electron chi connectivity index (χ2n) is 5.08. The fourth-order valence-electron chi connectivity index (χ4n) is 2.30. The number of aryl methyl sites for hydroxylation is 1. The van der Waals surface area contributed by atoms with Crippen molar-refractivity contribution in [3.63, 3.8) is 0 Å². The van der Waals surface area contributed by atoms with Gasteiger partial charge in [-0.2, -0.15) is 0 Å². The number of thiophene rings is 1. The van der Waals surface area contributed by atoms with E-state index in [0.29, 0.717) is 0 Å². The predicted octanol–water partition coefficient (Wildman–Crippen LogP) is 2.86. The van der Waals surface area contributed by atoms with Crippen molar-refractivity contribution in [3.8, 4) is 0 Å². The van der Waals surface area contributed by atoms with E-state index in [-0.39, 0.29) is 0 Å². The van der Waals surface area contributed by atoms with E-state index >= 15 is 0 Å². The number of hydrogen-bond acceptors (Lipinski definition) is 2. The van der Waals surface area contributed by atoms with E-state index in [1.54, 1.807) is 0 Å². The molecule has 1 N–H and O–H groups in total. The number of likely N-dealkylation sites (tertiary alicyclic amines) is 1. The van der Waals surface area contributed by atoms with Crippen molar-refractivity contribution in [2.75, 3.05) is 20.1 Å². The van der Waals surface area contributed by atoms with Crippen molar-refractivity contribution in [3.05, 3.63) is 21.9 Å². The summed E-state index contributed by atoms with van der Waals surface area (Å²) in [6, 6.07) is 4.37. The van der Waals surface area contributed by atoms with Crippen LogP contribution in [-0.4, -0.2) is 31.0 Å². The first kappa shape index (κ1) is 13.4. The summed E-state index contributed by atoms with van der Waals surface area (Å²) in [6.45, 7) is 7.63. The zero-order valence-corrected chi connectivity index (χ0v) is 12.4. The van der Waals surface area contributed by atoms with Gasteiger partial charge in [0.1, 0.15) is 0 Å². The molecular formula is C14H23N3S. The molecular weight excluding hydrogens is 242 g/mol. The Hall–Kier alpha value is -1.03. The van der Waals surface area contributed by atoms with Gasteiger partial charge in [0.15, 0.2) is 5.96 Å². The monoisotopic (exact) mass is 265 g/mol. The Bertz CT molecular complexity index is 403. The minimum Gasteiger partial charge on any atom is -0.351 e. The molecule has 100 valence electrons. The van der Waals surface area contributed by atoms with Gasteiger partial charge in [0, 0.05) is 29.9 Å². The van der Waals surface area contributed by atoms with Crippen molar-refractivity contribution >= 4 is 17.3 Å². The highest BCUT2D eigenvalue weighted by molar-refractivity contribution is 7.11. The van der Waals surface area contributed by atoms with Crippen LogP contribution in [0.15, 0.2) is 17.1 Å². The van der Waals surface area contributed by atoms with E-state index in [1.165, 1.54) is 22.6 Å². The number of hydrogen-bond donors (Lipinski definition) is 1. The highest BCUT2D eigenvalue weighted by Crippen LogP contribution is 2.17. The van der Waals surface area contributed by atoms with Crippen LogP contribution in [0.25, 0.3) is 0 Å². The third-order valence-electron chi connectivity index (χ3n) is 3.51. The lowest BCUT2D eigenvalue weighted by atomic mass is 10.00. The van der Waals surface area contributed by atoms with Gasteiger partial charge in [-0.1, -0.05) is 6.92 Å². The standard InChI is InChI=1S/C14H23N3S/c1-11-6-8-17(9-7-11)14(15-3)16-10-13-5-4-12(2)18-13/h4-5,11H,6-10H2,1-3H3,(H,15,16). The minimum atomic E-state index is 0.860. The first-order valence-corrected chi connectivity index (χ1v) is 7.51. The fraction of sp³-hybridized carbons (Fsp3) is 0.643. The Labute approximate surface area is 114 Å². The van der Waals surface area contributed by atoms with Crippen LogP contribution in [0.5, 0.6) is 0 Å². The molecule has 0 amide bonds. The van der Waals surface area contributed by atoms with E-state index in [1.807, 2.05) is 18.4 Å². The smallest absolute Gasteiger partial charge is 0.193 e. The number of rotatable bonds is 2. The lowest BCUT2D eigenvalue weighted by Gasteiger charge is -2.32. The van der Waals surface area contributed by atoms with Crippen LogP contribution in [0.4, 0.5) is 0 Å². The summed E-state index contributed by atoms with van der Waals surface area (Å²) in [4.78, 5) is 9.51. The summed E-state index contributed by atoms with van der Waals surface area (Å²) in [5.74, 6) is 1.91. The topological polar surface area (TPSA) is 27.6 Å². The molecule has 0 bridgehead atoms. The third kappa shape index (κ3) is 3.48. The molecule has 1 aliphatic heterocycles. The van der Waals surface area contributed by atoms with E-state index in [0.717, 1.165) is 31.5 Å². The van der Waals surface area contributed by atoms with Gasteiger partial charge in [0.2, 0.25) is 0 Å². The first-order valence-electron chi connectivity index (χ1n) is 6.70.